The Balaban J connectivity index is 3.18. The Hall–Kier alpha value is -1.88. The minimum atomic E-state index is -4.67. The van der Waals surface area contributed by atoms with Crippen LogP contribution in [0.15, 0.2) is 12.1 Å². The molecule has 0 unspecified atom stereocenters. The molecule has 0 saturated carbocycles. The van der Waals surface area contributed by atoms with Crippen LogP contribution in [0.2, 0.25) is 0 Å². The van der Waals surface area contributed by atoms with Gasteiger partial charge >= 0.3 is 19.9 Å². The number of aryl methyl sites for hydroxylation is 1. The summed E-state index contributed by atoms with van der Waals surface area (Å²) in [6.45, 7) is -3.77. The van der Waals surface area contributed by atoms with E-state index >= 15 is 0 Å². The Kier molecular flexibility index (Phi) is 5.72. The van der Waals surface area contributed by atoms with Gasteiger partial charge in [-0.25, -0.2) is 0 Å². The van der Waals surface area contributed by atoms with Crippen molar-refractivity contribution in [2.24, 2.45) is 0 Å². The summed E-state index contributed by atoms with van der Waals surface area (Å²) in [4.78, 5) is 11.7. The molecular formula is C11H11BF5NO4. The number of halogens is 5. The summed E-state index contributed by atoms with van der Waals surface area (Å²) in [6.07, 6.45) is -4.67. The van der Waals surface area contributed by atoms with Crippen LogP contribution in [-0.4, -0.2) is 42.4 Å². The van der Waals surface area contributed by atoms with Gasteiger partial charge in [-0.15, -0.1) is 0 Å². The average Bonchev–Trinajstić information content (AvgIpc) is 2.33. The Bertz CT molecular complexity index is 550. The molecule has 0 atom stereocenters. The number of carbonyl (C=O) groups excluding carboxylic acids is 1. The fourth-order valence-electron chi connectivity index (χ4n) is 1.68. The molecule has 0 aliphatic carbocycles. The first-order valence-corrected chi connectivity index (χ1v) is 5.81. The van der Waals surface area contributed by atoms with E-state index in [1.807, 2.05) is 0 Å². The van der Waals surface area contributed by atoms with Gasteiger partial charge < -0.3 is 20.1 Å². The van der Waals surface area contributed by atoms with Gasteiger partial charge in [0, 0.05) is 0 Å². The Morgan fingerprint density at radius 3 is 2.41 bits per heavy atom. The van der Waals surface area contributed by atoms with Gasteiger partial charge in [0.15, 0.2) is 0 Å². The number of hydrogen-bond acceptors (Lipinski definition) is 4. The second-order valence-electron chi connectivity index (χ2n) is 4.26. The first kappa shape index (κ1) is 18.2. The van der Waals surface area contributed by atoms with E-state index in [2.05, 4.69) is 4.74 Å². The van der Waals surface area contributed by atoms with Crippen LogP contribution in [-0.2, 0) is 0 Å². The standard InChI is InChI=1S/C11H11BF5NO4/c1-5-2-6(12(20)21)3-7(22-10(13)14)8(5)9(19)18-4-11(15,16)17/h2-3,10,20-21H,4H2,1H3,(H,18,19). The Morgan fingerprint density at radius 1 is 1.36 bits per heavy atom. The average molecular weight is 327 g/mol. The highest BCUT2D eigenvalue weighted by Gasteiger charge is 2.29. The van der Waals surface area contributed by atoms with Gasteiger partial charge in [-0.05, 0) is 24.0 Å². The zero-order valence-corrected chi connectivity index (χ0v) is 11.1. The fraction of sp³-hybridized carbons (Fsp3) is 0.364. The highest BCUT2D eigenvalue weighted by molar-refractivity contribution is 6.58. The molecule has 0 bridgehead atoms. The third kappa shape index (κ3) is 5.15. The third-order valence-corrected chi connectivity index (χ3v) is 2.51. The summed E-state index contributed by atoms with van der Waals surface area (Å²) < 4.78 is 65.0. The van der Waals surface area contributed by atoms with Crippen LogP contribution in [0.25, 0.3) is 0 Å². The molecule has 0 aliphatic heterocycles. The SMILES string of the molecule is Cc1cc(B(O)O)cc(OC(F)F)c1C(=O)NCC(F)(F)F. The van der Waals surface area contributed by atoms with Crippen molar-refractivity contribution in [3.8, 4) is 5.75 Å². The van der Waals surface area contributed by atoms with Crippen LogP contribution in [0.1, 0.15) is 15.9 Å². The van der Waals surface area contributed by atoms with Crippen LogP contribution < -0.4 is 15.5 Å². The number of benzene rings is 1. The van der Waals surface area contributed by atoms with E-state index in [0.29, 0.717) is 0 Å². The van der Waals surface area contributed by atoms with Crippen molar-refractivity contribution in [3.05, 3.63) is 23.3 Å². The molecule has 0 aromatic heterocycles. The second kappa shape index (κ2) is 6.92. The number of alkyl halides is 5. The number of ether oxygens (including phenoxy) is 1. The molecule has 0 radical (unpaired) electrons. The molecule has 1 rings (SSSR count). The van der Waals surface area contributed by atoms with Gasteiger partial charge in [-0.2, -0.15) is 22.0 Å². The lowest BCUT2D eigenvalue weighted by Crippen LogP contribution is -2.36. The molecule has 1 amide bonds. The molecule has 0 aliphatic rings. The normalized spacial score (nSPS) is 11.5. The zero-order chi connectivity index (χ0) is 17.1. The zero-order valence-electron chi connectivity index (χ0n) is 11.1. The lowest BCUT2D eigenvalue weighted by molar-refractivity contribution is -0.123. The predicted molar refractivity (Wildman–Crippen MR) is 66.0 cm³/mol. The molecule has 0 spiro atoms. The molecular weight excluding hydrogens is 316 g/mol. The maximum Gasteiger partial charge on any atom is 0.488 e. The maximum absolute atomic E-state index is 12.3. The van der Waals surface area contributed by atoms with Crippen LogP contribution in [0.5, 0.6) is 5.75 Å². The molecule has 22 heavy (non-hydrogen) atoms. The van der Waals surface area contributed by atoms with Gasteiger partial charge in [0.1, 0.15) is 12.3 Å². The monoisotopic (exact) mass is 327 g/mol. The van der Waals surface area contributed by atoms with Crippen molar-refractivity contribution in [2.45, 2.75) is 19.7 Å². The number of hydrogen-bond donors (Lipinski definition) is 3. The second-order valence-corrected chi connectivity index (χ2v) is 4.26. The molecule has 0 fully saturated rings. The van der Waals surface area contributed by atoms with E-state index in [1.165, 1.54) is 12.2 Å². The van der Waals surface area contributed by atoms with Gasteiger partial charge in [0.25, 0.3) is 5.91 Å². The highest BCUT2D eigenvalue weighted by atomic mass is 19.4. The topological polar surface area (TPSA) is 78.8 Å². The highest BCUT2D eigenvalue weighted by Crippen LogP contribution is 2.23. The molecule has 5 nitrogen and oxygen atoms in total. The number of amides is 1. The van der Waals surface area contributed by atoms with Gasteiger partial charge in [-0.1, -0.05) is 6.07 Å². The van der Waals surface area contributed by atoms with Crippen molar-refractivity contribution in [1.82, 2.24) is 5.32 Å². The van der Waals surface area contributed by atoms with E-state index in [1.54, 1.807) is 0 Å². The minimum Gasteiger partial charge on any atom is -0.434 e. The van der Waals surface area contributed by atoms with Gasteiger partial charge in [0.05, 0.1) is 5.56 Å². The first-order valence-electron chi connectivity index (χ1n) is 5.81. The van der Waals surface area contributed by atoms with E-state index in [0.717, 1.165) is 12.1 Å². The van der Waals surface area contributed by atoms with Gasteiger partial charge in [0.2, 0.25) is 0 Å². The molecule has 3 N–H and O–H groups in total. The lowest BCUT2D eigenvalue weighted by atomic mass is 9.78. The largest absolute Gasteiger partial charge is 0.488 e. The molecule has 1 aromatic rings. The van der Waals surface area contributed by atoms with Crippen LogP contribution in [0.3, 0.4) is 0 Å². The van der Waals surface area contributed by atoms with E-state index in [9.17, 15) is 26.7 Å². The quantitative estimate of drug-likeness (QED) is 0.546. The van der Waals surface area contributed by atoms with Crippen LogP contribution in [0.4, 0.5) is 22.0 Å². The third-order valence-electron chi connectivity index (χ3n) is 2.51. The summed E-state index contributed by atoms with van der Waals surface area (Å²) in [6, 6.07) is 1.80. The Morgan fingerprint density at radius 2 is 1.95 bits per heavy atom. The number of carbonyl (C=O) groups is 1. The molecule has 0 saturated heterocycles. The lowest BCUT2D eigenvalue weighted by Gasteiger charge is -2.16. The minimum absolute atomic E-state index is 0.0547. The molecule has 1 aromatic carbocycles. The molecule has 0 heterocycles. The van der Waals surface area contributed by atoms with Gasteiger partial charge in [-0.3, -0.25) is 4.79 Å². The van der Waals surface area contributed by atoms with E-state index < -0.39 is 43.7 Å². The molecule has 122 valence electrons. The van der Waals surface area contributed by atoms with Crippen molar-refractivity contribution in [3.63, 3.8) is 0 Å². The predicted octanol–water partition coefficient (Wildman–Crippen LogP) is 0.568. The smallest absolute Gasteiger partial charge is 0.434 e. The van der Waals surface area contributed by atoms with Crippen molar-refractivity contribution < 1.29 is 41.5 Å². The summed E-state index contributed by atoms with van der Waals surface area (Å²) in [7, 11) is -2.02. The number of nitrogens with one attached hydrogen (secondary N) is 1. The molecule has 11 heteroatoms. The van der Waals surface area contributed by atoms with Crippen LogP contribution in [0, 0.1) is 6.92 Å². The van der Waals surface area contributed by atoms with Crippen molar-refractivity contribution in [2.75, 3.05) is 6.54 Å². The summed E-state index contributed by atoms with van der Waals surface area (Å²) >= 11 is 0. The van der Waals surface area contributed by atoms with E-state index in [4.69, 9.17) is 10.0 Å². The first-order chi connectivity index (χ1) is 10.0. The summed E-state index contributed by atoms with van der Waals surface area (Å²) in [5, 5.41) is 19.5. The van der Waals surface area contributed by atoms with E-state index in [-0.39, 0.29) is 11.0 Å². The summed E-state index contributed by atoms with van der Waals surface area (Å²) in [5.41, 5.74) is -0.851. The number of rotatable bonds is 5. The van der Waals surface area contributed by atoms with Crippen LogP contribution >= 0.6 is 0 Å². The van der Waals surface area contributed by atoms with Crippen molar-refractivity contribution in [1.29, 1.82) is 0 Å². The maximum atomic E-state index is 12.3. The Labute approximate surface area is 121 Å². The van der Waals surface area contributed by atoms with Crippen molar-refractivity contribution >= 4 is 18.5 Å². The summed E-state index contributed by atoms with van der Waals surface area (Å²) in [5.74, 6) is -2.03. The fourth-order valence-corrected chi connectivity index (χ4v) is 1.68.